The fourth-order valence-corrected chi connectivity index (χ4v) is 2.31. The van der Waals surface area contributed by atoms with Gasteiger partial charge in [-0.15, -0.1) is 11.3 Å². The van der Waals surface area contributed by atoms with Crippen molar-refractivity contribution in [3.8, 4) is 10.4 Å². The van der Waals surface area contributed by atoms with Gasteiger partial charge in [-0.1, -0.05) is 6.07 Å². The summed E-state index contributed by atoms with van der Waals surface area (Å²) in [5.74, 6) is -2.15. The molecule has 0 spiro atoms. The van der Waals surface area contributed by atoms with Crippen LogP contribution in [0.15, 0.2) is 23.7 Å². The van der Waals surface area contributed by atoms with Crippen LogP contribution in [-0.4, -0.2) is 17.6 Å². The smallest absolute Gasteiger partial charge is 0.358 e. The van der Waals surface area contributed by atoms with Crippen LogP contribution in [0.5, 0.6) is 0 Å². The van der Waals surface area contributed by atoms with Crippen molar-refractivity contribution in [1.29, 1.82) is 0 Å². The van der Waals surface area contributed by atoms with Gasteiger partial charge in [0.1, 0.15) is 11.6 Å². The molecule has 0 amide bonds. The average molecular weight is 269 g/mol. The molecule has 18 heavy (non-hydrogen) atoms. The quantitative estimate of drug-likeness (QED) is 0.803. The molecule has 0 aliphatic rings. The van der Waals surface area contributed by atoms with Gasteiger partial charge in [0.25, 0.3) is 0 Å². The Morgan fingerprint density at radius 1 is 1.39 bits per heavy atom. The number of benzene rings is 1. The lowest BCUT2D eigenvalue weighted by Gasteiger charge is -2.04. The lowest BCUT2D eigenvalue weighted by molar-refractivity contribution is 0.0521. The van der Waals surface area contributed by atoms with Gasteiger partial charge in [-0.3, -0.25) is 0 Å². The van der Waals surface area contributed by atoms with Crippen LogP contribution in [0.3, 0.4) is 0 Å². The first-order valence-corrected chi connectivity index (χ1v) is 6.08. The highest BCUT2D eigenvalue weighted by Gasteiger charge is 2.22. The van der Waals surface area contributed by atoms with Crippen LogP contribution in [0.4, 0.5) is 8.78 Å². The van der Waals surface area contributed by atoms with E-state index in [-0.39, 0.29) is 22.7 Å². The van der Waals surface area contributed by atoms with Crippen LogP contribution >= 0.6 is 11.3 Å². The second-order valence-corrected chi connectivity index (χ2v) is 4.20. The Balaban J connectivity index is 2.52. The number of esters is 1. The zero-order chi connectivity index (χ0) is 13.1. The number of hydrogen-bond donors (Lipinski definition) is 0. The van der Waals surface area contributed by atoms with Crippen molar-refractivity contribution < 1.29 is 18.3 Å². The lowest BCUT2D eigenvalue weighted by atomic mass is 10.1. The number of thiazole rings is 1. The van der Waals surface area contributed by atoms with Crippen molar-refractivity contribution in [2.75, 3.05) is 6.61 Å². The third kappa shape index (κ3) is 2.24. The van der Waals surface area contributed by atoms with Gasteiger partial charge in [-0.25, -0.2) is 18.6 Å². The number of hydrogen-bond acceptors (Lipinski definition) is 4. The van der Waals surface area contributed by atoms with Gasteiger partial charge in [0.2, 0.25) is 0 Å². The van der Waals surface area contributed by atoms with E-state index in [2.05, 4.69) is 4.98 Å². The van der Waals surface area contributed by atoms with Gasteiger partial charge in [0.15, 0.2) is 5.69 Å². The molecule has 0 aliphatic heterocycles. The third-order valence-corrected chi connectivity index (χ3v) is 3.07. The summed E-state index contributed by atoms with van der Waals surface area (Å²) in [5, 5.41) is 0. The Kier molecular flexibility index (Phi) is 3.66. The molecular formula is C12H9F2NO2S. The number of nitrogens with zero attached hydrogens (tertiary/aromatic N) is 1. The van der Waals surface area contributed by atoms with Crippen LogP contribution in [0.25, 0.3) is 10.4 Å². The van der Waals surface area contributed by atoms with E-state index in [1.54, 1.807) is 6.92 Å². The van der Waals surface area contributed by atoms with Crippen molar-refractivity contribution in [2.45, 2.75) is 6.92 Å². The first kappa shape index (κ1) is 12.6. The molecule has 1 heterocycles. The van der Waals surface area contributed by atoms with Gasteiger partial charge in [-0.05, 0) is 19.1 Å². The fourth-order valence-electron chi connectivity index (χ4n) is 1.48. The van der Waals surface area contributed by atoms with Crippen molar-refractivity contribution in [3.63, 3.8) is 0 Å². The summed E-state index contributed by atoms with van der Waals surface area (Å²) < 4.78 is 32.0. The summed E-state index contributed by atoms with van der Waals surface area (Å²) in [6.45, 7) is 1.82. The minimum atomic E-state index is -0.732. The molecule has 6 heteroatoms. The van der Waals surface area contributed by atoms with Gasteiger partial charge >= 0.3 is 5.97 Å². The molecule has 1 aromatic carbocycles. The van der Waals surface area contributed by atoms with Crippen LogP contribution in [0.2, 0.25) is 0 Å². The molecule has 0 bridgehead atoms. The third-order valence-electron chi connectivity index (χ3n) is 2.23. The fraction of sp³-hybridized carbons (Fsp3) is 0.167. The highest BCUT2D eigenvalue weighted by molar-refractivity contribution is 7.13. The van der Waals surface area contributed by atoms with E-state index < -0.39 is 17.6 Å². The molecule has 2 rings (SSSR count). The second-order valence-electron chi connectivity index (χ2n) is 3.35. The topological polar surface area (TPSA) is 39.2 Å². The maximum Gasteiger partial charge on any atom is 0.358 e. The lowest BCUT2D eigenvalue weighted by Crippen LogP contribution is -2.07. The molecule has 3 nitrogen and oxygen atoms in total. The molecule has 0 unspecified atom stereocenters. The van der Waals surface area contributed by atoms with Crippen LogP contribution in [0, 0.1) is 11.6 Å². The van der Waals surface area contributed by atoms with E-state index in [1.807, 2.05) is 0 Å². The van der Waals surface area contributed by atoms with E-state index in [4.69, 9.17) is 4.74 Å². The highest BCUT2D eigenvalue weighted by Crippen LogP contribution is 2.32. The minimum absolute atomic E-state index is 0.0640. The number of rotatable bonds is 3. The summed E-state index contributed by atoms with van der Waals surface area (Å²) in [6, 6.07) is 3.53. The zero-order valence-corrected chi connectivity index (χ0v) is 10.3. The van der Waals surface area contributed by atoms with Crippen molar-refractivity contribution in [2.24, 2.45) is 0 Å². The molecule has 0 fully saturated rings. The summed E-state index contributed by atoms with van der Waals surface area (Å²) in [4.78, 5) is 15.5. The second kappa shape index (κ2) is 5.22. The van der Waals surface area contributed by atoms with Crippen LogP contribution in [-0.2, 0) is 4.74 Å². The Morgan fingerprint density at radius 2 is 2.06 bits per heavy atom. The zero-order valence-electron chi connectivity index (χ0n) is 9.44. The molecular weight excluding hydrogens is 260 g/mol. The molecule has 0 aliphatic carbocycles. The maximum absolute atomic E-state index is 13.6. The molecule has 0 saturated heterocycles. The van der Waals surface area contributed by atoms with E-state index in [0.29, 0.717) is 0 Å². The van der Waals surface area contributed by atoms with Crippen LogP contribution in [0.1, 0.15) is 17.4 Å². The monoisotopic (exact) mass is 269 g/mol. The first-order chi connectivity index (χ1) is 8.65. The Hall–Kier alpha value is -1.82. The van der Waals surface area contributed by atoms with E-state index in [0.717, 1.165) is 23.5 Å². The van der Waals surface area contributed by atoms with E-state index in [9.17, 15) is 13.6 Å². The molecule has 0 saturated carbocycles. The normalized spacial score (nSPS) is 10.4. The number of halogens is 2. The van der Waals surface area contributed by atoms with Gasteiger partial charge in [-0.2, -0.15) is 0 Å². The Labute approximate surface area is 106 Å². The Morgan fingerprint density at radius 3 is 2.67 bits per heavy atom. The largest absolute Gasteiger partial charge is 0.461 e. The van der Waals surface area contributed by atoms with Gasteiger partial charge < -0.3 is 4.74 Å². The number of carbonyl (C=O) groups excluding carboxylic acids is 1. The number of ether oxygens (including phenoxy) is 1. The average Bonchev–Trinajstić information content (AvgIpc) is 2.78. The molecule has 94 valence electrons. The van der Waals surface area contributed by atoms with Crippen molar-refractivity contribution >= 4 is 17.3 Å². The predicted molar refractivity (Wildman–Crippen MR) is 63.4 cm³/mol. The first-order valence-electron chi connectivity index (χ1n) is 5.20. The molecule has 1 aromatic heterocycles. The standard InChI is InChI=1S/C12H9F2NO2S/c1-2-17-12(16)10-11(18-6-15-10)9-7(13)4-3-5-8(9)14/h3-6H,2H2,1H3. The highest BCUT2D eigenvalue weighted by atomic mass is 32.1. The molecule has 0 radical (unpaired) electrons. The minimum Gasteiger partial charge on any atom is -0.461 e. The molecule has 2 aromatic rings. The number of aromatic nitrogens is 1. The summed E-state index contributed by atoms with van der Waals surface area (Å²) in [6.07, 6.45) is 0. The Bertz CT molecular complexity index is 563. The predicted octanol–water partition coefficient (Wildman–Crippen LogP) is 3.27. The maximum atomic E-state index is 13.6. The van der Waals surface area contributed by atoms with Crippen molar-refractivity contribution in [3.05, 3.63) is 41.0 Å². The van der Waals surface area contributed by atoms with Gasteiger partial charge in [0, 0.05) is 0 Å². The summed E-state index contributed by atoms with van der Waals surface area (Å²) >= 11 is 0.993. The molecule has 0 N–H and O–H groups in total. The van der Waals surface area contributed by atoms with E-state index >= 15 is 0 Å². The number of carbonyl (C=O) groups is 1. The summed E-state index contributed by atoms with van der Waals surface area (Å²) in [5.41, 5.74) is 1.04. The van der Waals surface area contributed by atoms with Gasteiger partial charge in [0.05, 0.1) is 22.6 Å². The van der Waals surface area contributed by atoms with Crippen LogP contribution < -0.4 is 0 Å². The molecule has 0 atom stereocenters. The van der Waals surface area contributed by atoms with Crippen molar-refractivity contribution in [1.82, 2.24) is 4.98 Å². The summed E-state index contributed by atoms with van der Waals surface area (Å²) in [7, 11) is 0. The SMILES string of the molecule is CCOC(=O)c1ncsc1-c1c(F)cccc1F. The van der Waals surface area contributed by atoms with E-state index in [1.165, 1.54) is 11.6 Å².